The van der Waals surface area contributed by atoms with E-state index in [-0.39, 0.29) is 0 Å². The van der Waals surface area contributed by atoms with Gasteiger partial charge < -0.3 is 4.42 Å². The van der Waals surface area contributed by atoms with E-state index in [1.54, 1.807) is 11.3 Å². The molecule has 0 unspecified atom stereocenters. The second-order valence-corrected chi connectivity index (χ2v) is 14.6. The largest absolute Gasteiger partial charge is 0.455 e. The van der Waals surface area contributed by atoms with Crippen LogP contribution in [0.3, 0.4) is 0 Å². The fourth-order valence-corrected chi connectivity index (χ4v) is 9.64. The maximum Gasteiger partial charge on any atom is 0.161 e. The minimum Gasteiger partial charge on any atom is -0.455 e. The van der Waals surface area contributed by atoms with Gasteiger partial charge in [-0.1, -0.05) is 109 Å². The first-order valence-electron chi connectivity index (χ1n) is 16.3. The van der Waals surface area contributed by atoms with E-state index in [0.717, 1.165) is 65.5 Å². The molecular formula is C44H24N2OS2. The van der Waals surface area contributed by atoms with E-state index >= 15 is 0 Å². The maximum absolute atomic E-state index is 6.70. The summed E-state index contributed by atoms with van der Waals surface area (Å²) >= 11 is 3.60. The summed E-state index contributed by atoms with van der Waals surface area (Å²) in [5.74, 6) is 0.700. The monoisotopic (exact) mass is 660 g/mol. The van der Waals surface area contributed by atoms with Crippen molar-refractivity contribution in [3.8, 4) is 33.8 Å². The highest BCUT2D eigenvalue weighted by atomic mass is 32.1. The molecule has 0 saturated heterocycles. The van der Waals surface area contributed by atoms with Crippen molar-refractivity contribution in [3.05, 3.63) is 146 Å². The Labute approximate surface area is 288 Å². The summed E-state index contributed by atoms with van der Waals surface area (Å²) in [4.78, 5) is 10.8. The molecule has 0 fully saturated rings. The molecule has 0 amide bonds. The zero-order valence-electron chi connectivity index (χ0n) is 26.0. The molecule has 0 radical (unpaired) electrons. The van der Waals surface area contributed by atoms with Crippen LogP contribution in [0.4, 0.5) is 0 Å². The van der Waals surface area contributed by atoms with Gasteiger partial charge in [0.15, 0.2) is 5.82 Å². The normalized spacial score (nSPS) is 12.1. The Morgan fingerprint density at radius 2 is 1.18 bits per heavy atom. The smallest absolute Gasteiger partial charge is 0.161 e. The molecule has 7 aromatic carbocycles. The summed E-state index contributed by atoms with van der Waals surface area (Å²) in [6.07, 6.45) is 0. The van der Waals surface area contributed by atoms with Crippen LogP contribution in [-0.4, -0.2) is 9.97 Å². The highest BCUT2D eigenvalue weighted by molar-refractivity contribution is 7.26. The minimum absolute atomic E-state index is 0.700. The molecule has 0 bridgehead atoms. The topological polar surface area (TPSA) is 38.9 Å². The maximum atomic E-state index is 6.70. The van der Waals surface area contributed by atoms with Crippen LogP contribution in [0.5, 0.6) is 0 Å². The second kappa shape index (κ2) is 10.3. The molecule has 0 aliphatic heterocycles. The van der Waals surface area contributed by atoms with Gasteiger partial charge in [0.1, 0.15) is 11.2 Å². The van der Waals surface area contributed by atoms with Gasteiger partial charge in [-0.15, -0.1) is 22.7 Å². The third-order valence-electron chi connectivity index (χ3n) is 9.69. The van der Waals surface area contributed by atoms with E-state index in [1.807, 2.05) is 11.3 Å². The number of furan rings is 1. The first kappa shape index (κ1) is 27.1. The van der Waals surface area contributed by atoms with Crippen molar-refractivity contribution < 1.29 is 4.42 Å². The predicted molar refractivity (Wildman–Crippen MR) is 209 cm³/mol. The molecule has 0 atom stereocenters. The van der Waals surface area contributed by atoms with Crippen LogP contribution in [-0.2, 0) is 0 Å². The highest BCUT2D eigenvalue weighted by Gasteiger charge is 2.21. The van der Waals surface area contributed by atoms with Gasteiger partial charge in [-0.2, -0.15) is 0 Å². The number of fused-ring (bicyclic) bond motifs is 10. The third-order valence-corrected chi connectivity index (χ3v) is 12.0. The van der Waals surface area contributed by atoms with Gasteiger partial charge in [-0.3, -0.25) is 0 Å². The Balaban J connectivity index is 1.17. The molecule has 4 aromatic heterocycles. The molecule has 0 aliphatic carbocycles. The lowest BCUT2D eigenvalue weighted by Gasteiger charge is -2.09. The van der Waals surface area contributed by atoms with Gasteiger partial charge in [0, 0.05) is 57.7 Å². The van der Waals surface area contributed by atoms with Crippen LogP contribution in [0.2, 0.25) is 0 Å². The van der Waals surface area contributed by atoms with Crippen LogP contribution >= 0.6 is 22.7 Å². The zero-order valence-corrected chi connectivity index (χ0v) is 27.6. The molecule has 228 valence electrons. The summed E-state index contributed by atoms with van der Waals surface area (Å²) in [6.45, 7) is 0. The standard InChI is InChI=1S/C44H24N2OS2/c1-2-10-26-23-27(20-19-25(26)9-1)29-13-7-14-32-39-33(15-8-16-35(39)47-42(29)32)44-45-40(43-41(46-44)31-12-4-6-18-37(31)49-43)28-21-22-38-34(24-28)30-11-3-5-17-36(30)48-38/h1-24H. The summed E-state index contributed by atoms with van der Waals surface area (Å²) in [6, 6.07) is 51.7. The highest BCUT2D eigenvalue weighted by Crippen LogP contribution is 2.44. The molecule has 0 aliphatic rings. The molecule has 4 heterocycles. The fraction of sp³-hybridized carbons (Fsp3) is 0. The van der Waals surface area contributed by atoms with Crippen molar-refractivity contribution in [2.24, 2.45) is 0 Å². The van der Waals surface area contributed by atoms with E-state index in [1.165, 1.54) is 35.6 Å². The molecule has 3 nitrogen and oxygen atoms in total. The van der Waals surface area contributed by atoms with Crippen molar-refractivity contribution in [3.63, 3.8) is 0 Å². The molecule has 11 aromatic rings. The lowest BCUT2D eigenvalue weighted by atomic mass is 9.98. The number of hydrogen-bond acceptors (Lipinski definition) is 5. The molecule has 0 N–H and O–H groups in total. The fourth-order valence-electron chi connectivity index (χ4n) is 7.40. The summed E-state index contributed by atoms with van der Waals surface area (Å²) in [5, 5.41) is 8.21. The Bertz CT molecular complexity index is 3130. The first-order chi connectivity index (χ1) is 24.3. The van der Waals surface area contributed by atoms with E-state index in [4.69, 9.17) is 14.4 Å². The van der Waals surface area contributed by atoms with Crippen LogP contribution in [0.15, 0.2) is 150 Å². The Morgan fingerprint density at radius 3 is 2.10 bits per heavy atom. The summed E-state index contributed by atoms with van der Waals surface area (Å²) in [5.41, 5.74) is 7.90. The summed E-state index contributed by atoms with van der Waals surface area (Å²) in [7, 11) is 0. The molecule has 0 saturated carbocycles. The average Bonchev–Trinajstić information content (AvgIpc) is 3.85. The van der Waals surface area contributed by atoms with Crippen LogP contribution in [0, 0.1) is 0 Å². The van der Waals surface area contributed by atoms with E-state index in [9.17, 15) is 0 Å². The number of nitrogens with zero attached hydrogens (tertiary/aromatic N) is 2. The van der Waals surface area contributed by atoms with Gasteiger partial charge >= 0.3 is 0 Å². The van der Waals surface area contributed by atoms with Crippen molar-refractivity contribution in [1.82, 2.24) is 9.97 Å². The van der Waals surface area contributed by atoms with Crippen LogP contribution < -0.4 is 0 Å². The number of thiophene rings is 2. The first-order valence-corrected chi connectivity index (χ1v) is 17.9. The number of para-hydroxylation sites is 1. The SMILES string of the molecule is c1ccc2cc(-c3cccc4c3oc3cccc(-c5nc(-c6ccc7sc8ccccc8c7c6)c6sc7ccccc7c6n5)c34)ccc2c1. The van der Waals surface area contributed by atoms with E-state index in [0.29, 0.717) is 5.82 Å². The Kier molecular flexibility index (Phi) is 5.70. The van der Waals surface area contributed by atoms with Gasteiger partial charge in [-0.05, 0) is 52.7 Å². The quantitative estimate of drug-likeness (QED) is 0.189. The average molecular weight is 661 g/mol. The van der Waals surface area contributed by atoms with Crippen LogP contribution in [0.25, 0.3) is 107 Å². The van der Waals surface area contributed by atoms with Gasteiger partial charge in [-0.25, -0.2) is 9.97 Å². The number of rotatable bonds is 3. The Morgan fingerprint density at radius 1 is 0.469 bits per heavy atom. The Hall–Kier alpha value is -5.88. The zero-order chi connectivity index (χ0) is 32.1. The number of hydrogen-bond donors (Lipinski definition) is 0. The number of benzene rings is 7. The van der Waals surface area contributed by atoms with E-state index in [2.05, 4.69) is 146 Å². The lowest BCUT2D eigenvalue weighted by molar-refractivity contribution is 0.670. The predicted octanol–water partition coefficient (Wildman–Crippen LogP) is 13.3. The third kappa shape index (κ3) is 4.07. The van der Waals surface area contributed by atoms with E-state index < -0.39 is 0 Å². The molecule has 11 rings (SSSR count). The lowest BCUT2D eigenvalue weighted by Crippen LogP contribution is -1.94. The van der Waals surface area contributed by atoms with Crippen molar-refractivity contribution >= 4 is 95.9 Å². The van der Waals surface area contributed by atoms with Crippen molar-refractivity contribution in [2.45, 2.75) is 0 Å². The molecule has 49 heavy (non-hydrogen) atoms. The van der Waals surface area contributed by atoms with Gasteiger partial charge in [0.2, 0.25) is 0 Å². The van der Waals surface area contributed by atoms with Crippen molar-refractivity contribution in [2.75, 3.05) is 0 Å². The summed E-state index contributed by atoms with van der Waals surface area (Å²) < 4.78 is 11.6. The molecular weight excluding hydrogens is 637 g/mol. The number of aromatic nitrogens is 2. The molecule has 5 heteroatoms. The van der Waals surface area contributed by atoms with Gasteiger partial charge in [0.05, 0.1) is 15.9 Å². The molecule has 0 spiro atoms. The second-order valence-electron chi connectivity index (χ2n) is 12.5. The van der Waals surface area contributed by atoms with Crippen molar-refractivity contribution in [1.29, 1.82) is 0 Å². The minimum atomic E-state index is 0.700. The van der Waals surface area contributed by atoms with Crippen LogP contribution in [0.1, 0.15) is 0 Å². The van der Waals surface area contributed by atoms with Gasteiger partial charge in [0.25, 0.3) is 0 Å².